The minimum absolute atomic E-state index is 0.132. The second-order valence-corrected chi connectivity index (χ2v) is 6.37. The first-order valence-corrected chi connectivity index (χ1v) is 8.58. The lowest BCUT2D eigenvalue weighted by atomic mass is 10.1. The molecule has 0 aliphatic carbocycles. The highest BCUT2D eigenvalue weighted by molar-refractivity contribution is 8.18. The Balaban J connectivity index is 1.73. The van der Waals surface area contributed by atoms with Crippen LogP contribution in [0.4, 0.5) is 0 Å². The third-order valence-corrected chi connectivity index (χ3v) is 4.75. The topological polar surface area (TPSA) is 41.9 Å². The van der Waals surface area contributed by atoms with E-state index in [9.17, 15) is 4.79 Å². The molecule has 22 heavy (non-hydrogen) atoms. The Morgan fingerprint density at radius 1 is 1.32 bits per heavy atom. The van der Waals surface area contributed by atoms with Crippen molar-refractivity contribution in [3.8, 4) is 5.75 Å². The molecule has 1 aromatic rings. The normalized spacial score (nSPS) is 20.4. The van der Waals surface area contributed by atoms with E-state index in [2.05, 4.69) is 9.89 Å². The lowest BCUT2D eigenvalue weighted by Gasteiger charge is -2.27. The SMILES string of the molecule is CCOc1cccc(/C=C2/SC(N3CCCCC3)=NC2=O)c1. The summed E-state index contributed by atoms with van der Waals surface area (Å²) in [6.45, 7) is 4.61. The Kier molecular flexibility index (Phi) is 4.83. The predicted octanol–water partition coefficient (Wildman–Crippen LogP) is 3.54. The van der Waals surface area contributed by atoms with Crippen molar-refractivity contribution in [3.05, 3.63) is 34.7 Å². The van der Waals surface area contributed by atoms with Crippen LogP contribution in [0.15, 0.2) is 34.2 Å². The molecule has 1 amide bonds. The molecule has 2 aliphatic heterocycles. The largest absolute Gasteiger partial charge is 0.494 e. The summed E-state index contributed by atoms with van der Waals surface area (Å²) in [4.78, 5) is 19.2. The zero-order valence-electron chi connectivity index (χ0n) is 12.7. The van der Waals surface area contributed by atoms with Crippen molar-refractivity contribution < 1.29 is 9.53 Å². The Bertz CT molecular complexity index is 619. The van der Waals surface area contributed by atoms with E-state index in [1.54, 1.807) is 0 Å². The maximum Gasteiger partial charge on any atom is 0.286 e. The fourth-order valence-electron chi connectivity index (χ4n) is 2.63. The van der Waals surface area contributed by atoms with Gasteiger partial charge in [-0.2, -0.15) is 4.99 Å². The molecule has 3 rings (SSSR count). The third-order valence-electron chi connectivity index (χ3n) is 3.70. The lowest BCUT2D eigenvalue weighted by Crippen LogP contribution is -2.33. The highest BCUT2D eigenvalue weighted by Crippen LogP contribution is 2.31. The van der Waals surface area contributed by atoms with Crippen LogP contribution in [0, 0.1) is 0 Å². The number of hydrogen-bond acceptors (Lipinski definition) is 4. The van der Waals surface area contributed by atoms with Gasteiger partial charge in [0.15, 0.2) is 5.17 Å². The number of carbonyl (C=O) groups excluding carboxylic acids is 1. The molecule has 0 N–H and O–H groups in total. The van der Waals surface area contributed by atoms with E-state index in [1.807, 2.05) is 37.3 Å². The zero-order chi connectivity index (χ0) is 15.4. The van der Waals surface area contributed by atoms with Crippen LogP contribution in [-0.4, -0.2) is 35.7 Å². The molecule has 116 valence electrons. The summed E-state index contributed by atoms with van der Waals surface area (Å²) < 4.78 is 5.50. The van der Waals surface area contributed by atoms with Crippen molar-refractivity contribution >= 4 is 28.9 Å². The maximum atomic E-state index is 12.1. The molecule has 5 heteroatoms. The summed E-state index contributed by atoms with van der Waals surface area (Å²) in [6, 6.07) is 7.78. The molecule has 0 spiro atoms. The van der Waals surface area contributed by atoms with E-state index in [-0.39, 0.29) is 5.91 Å². The van der Waals surface area contributed by atoms with E-state index < -0.39 is 0 Å². The molecule has 0 saturated carbocycles. The molecule has 0 aromatic heterocycles. The quantitative estimate of drug-likeness (QED) is 0.800. The molecule has 2 aliphatic rings. The number of nitrogens with zero attached hydrogens (tertiary/aromatic N) is 2. The van der Waals surface area contributed by atoms with Crippen LogP contribution < -0.4 is 4.74 Å². The van der Waals surface area contributed by atoms with E-state index in [0.717, 1.165) is 29.6 Å². The van der Waals surface area contributed by atoms with Crippen molar-refractivity contribution in [2.75, 3.05) is 19.7 Å². The molecule has 4 nitrogen and oxygen atoms in total. The highest BCUT2D eigenvalue weighted by atomic mass is 32.2. The average Bonchev–Trinajstić information content (AvgIpc) is 2.90. The Labute approximate surface area is 135 Å². The van der Waals surface area contributed by atoms with Crippen LogP contribution in [0.25, 0.3) is 6.08 Å². The minimum atomic E-state index is -0.132. The van der Waals surface area contributed by atoms with Crippen molar-refractivity contribution in [3.63, 3.8) is 0 Å². The summed E-state index contributed by atoms with van der Waals surface area (Å²) in [7, 11) is 0. The van der Waals surface area contributed by atoms with Gasteiger partial charge in [0.05, 0.1) is 11.5 Å². The van der Waals surface area contributed by atoms with Crippen LogP contribution in [0.1, 0.15) is 31.7 Å². The molecule has 2 heterocycles. The van der Waals surface area contributed by atoms with E-state index in [4.69, 9.17) is 4.74 Å². The number of amides is 1. The number of benzene rings is 1. The molecular weight excluding hydrogens is 296 g/mol. The first kappa shape index (κ1) is 15.2. The maximum absolute atomic E-state index is 12.1. The van der Waals surface area contributed by atoms with Gasteiger partial charge in [-0.3, -0.25) is 4.79 Å². The third kappa shape index (κ3) is 3.53. The van der Waals surface area contributed by atoms with Gasteiger partial charge < -0.3 is 9.64 Å². The van der Waals surface area contributed by atoms with E-state index in [1.165, 1.54) is 31.0 Å². The van der Waals surface area contributed by atoms with Crippen LogP contribution in [0.5, 0.6) is 5.75 Å². The fourth-order valence-corrected chi connectivity index (χ4v) is 3.60. The van der Waals surface area contributed by atoms with Gasteiger partial charge in [0.1, 0.15) is 5.75 Å². The van der Waals surface area contributed by atoms with Gasteiger partial charge in [0.2, 0.25) is 0 Å². The predicted molar refractivity (Wildman–Crippen MR) is 91.0 cm³/mol. The number of amidine groups is 1. The van der Waals surface area contributed by atoms with Crippen molar-refractivity contribution in [1.82, 2.24) is 4.90 Å². The van der Waals surface area contributed by atoms with Gasteiger partial charge in [0, 0.05) is 13.1 Å². The number of thioether (sulfide) groups is 1. The monoisotopic (exact) mass is 316 g/mol. The van der Waals surface area contributed by atoms with Crippen LogP contribution in [0.3, 0.4) is 0 Å². The first-order chi connectivity index (χ1) is 10.8. The summed E-state index contributed by atoms with van der Waals surface area (Å²) in [5, 5.41) is 0.858. The molecule has 1 saturated heterocycles. The molecule has 0 radical (unpaired) electrons. The molecular formula is C17H20N2O2S. The van der Waals surface area contributed by atoms with Gasteiger partial charge in [-0.1, -0.05) is 12.1 Å². The van der Waals surface area contributed by atoms with Crippen molar-refractivity contribution in [2.45, 2.75) is 26.2 Å². The van der Waals surface area contributed by atoms with Gasteiger partial charge in [-0.15, -0.1) is 0 Å². The van der Waals surface area contributed by atoms with Crippen LogP contribution in [0.2, 0.25) is 0 Å². The van der Waals surface area contributed by atoms with Crippen molar-refractivity contribution in [2.24, 2.45) is 4.99 Å². The Hall–Kier alpha value is -1.75. The smallest absolute Gasteiger partial charge is 0.286 e. The average molecular weight is 316 g/mol. The molecule has 1 aromatic carbocycles. The summed E-state index contributed by atoms with van der Waals surface area (Å²) >= 11 is 1.49. The number of carbonyl (C=O) groups is 1. The zero-order valence-corrected chi connectivity index (χ0v) is 13.6. The first-order valence-electron chi connectivity index (χ1n) is 7.76. The fraction of sp³-hybridized carbons (Fsp3) is 0.412. The van der Waals surface area contributed by atoms with E-state index >= 15 is 0 Å². The second kappa shape index (κ2) is 7.01. The highest BCUT2D eigenvalue weighted by Gasteiger charge is 2.26. The molecule has 0 atom stereocenters. The number of rotatable bonds is 3. The summed E-state index contributed by atoms with van der Waals surface area (Å²) in [6.07, 6.45) is 5.54. The standard InChI is InChI=1S/C17H20N2O2S/c1-2-21-14-8-6-7-13(11-14)12-15-16(20)18-17(22-15)19-9-4-3-5-10-19/h6-8,11-12H,2-5,9-10H2,1H3/b15-12+. The van der Waals surface area contributed by atoms with Gasteiger partial charge >= 0.3 is 0 Å². The molecule has 1 fully saturated rings. The summed E-state index contributed by atoms with van der Waals surface area (Å²) in [5.41, 5.74) is 0.969. The number of ether oxygens (including phenoxy) is 1. The Morgan fingerprint density at radius 2 is 2.14 bits per heavy atom. The van der Waals surface area contributed by atoms with Gasteiger partial charge in [-0.25, -0.2) is 0 Å². The lowest BCUT2D eigenvalue weighted by molar-refractivity contribution is -0.113. The molecule has 0 bridgehead atoms. The second-order valence-electron chi connectivity index (χ2n) is 5.36. The number of hydrogen-bond donors (Lipinski definition) is 0. The van der Waals surface area contributed by atoms with Crippen LogP contribution >= 0.6 is 11.8 Å². The summed E-state index contributed by atoms with van der Waals surface area (Å²) in [5.74, 6) is 0.692. The number of aliphatic imine (C=N–C) groups is 1. The minimum Gasteiger partial charge on any atom is -0.494 e. The van der Waals surface area contributed by atoms with Crippen molar-refractivity contribution in [1.29, 1.82) is 0 Å². The number of likely N-dealkylation sites (tertiary alicyclic amines) is 1. The van der Waals surface area contributed by atoms with Gasteiger partial charge in [0.25, 0.3) is 5.91 Å². The van der Waals surface area contributed by atoms with E-state index in [0.29, 0.717) is 11.5 Å². The number of piperidine rings is 1. The van der Waals surface area contributed by atoms with Crippen LogP contribution in [-0.2, 0) is 4.79 Å². The molecule has 0 unspecified atom stereocenters. The Morgan fingerprint density at radius 3 is 2.91 bits per heavy atom. The van der Waals surface area contributed by atoms with Gasteiger partial charge in [-0.05, 0) is 61.7 Å².